The number of carbonyl (C=O) groups is 1. The maximum absolute atomic E-state index is 9.91. The lowest BCUT2D eigenvalue weighted by Crippen LogP contribution is -2.22. The normalized spacial score (nSPS) is 15.0. The maximum Gasteiger partial charge on any atom is 0.295 e. The summed E-state index contributed by atoms with van der Waals surface area (Å²) in [6.45, 7) is 6.55. The lowest BCUT2D eigenvalue weighted by atomic mass is 10.4. The standard InChI is InChI=1S/C9H18O4/c1-4-5-6-11-8(2)13-9(3)12-7-10/h7-9H,4-6H2,1-3H3. The van der Waals surface area contributed by atoms with Crippen molar-refractivity contribution in [1.29, 1.82) is 0 Å². The van der Waals surface area contributed by atoms with E-state index >= 15 is 0 Å². The van der Waals surface area contributed by atoms with Crippen molar-refractivity contribution in [3.63, 3.8) is 0 Å². The summed E-state index contributed by atoms with van der Waals surface area (Å²) in [6, 6.07) is 0. The largest absolute Gasteiger partial charge is 0.438 e. The van der Waals surface area contributed by atoms with Gasteiger partial charge in [0, 0.05) is 6.61 Å². The molecule has 0 aliphatic rings. The summed E-state index contributed by atoms with van der Waals surface area (Å²) in [5, 5.41) is 0. The smallest absolute Gasteiger partial charge is 0.295 e. The highest BCUT2D eigenvalue weighted by molar-refractivity contribution is 5.37. The average molecular weight is 190 g/mol. The molecule has 2 atom stereocenters. The Bertz CT molecular complexity index is 127. The first kappa shape index (κ1) is 12.4. The van der Waals surface area contributed by atoms with Crippen LogP contribution in [0.5, 0.6) is 0 Å². The van der Waals surface area contributed by atoms with Crippen molar-refractivity contribution in [2.45, 2.75) is 46.2 Å². The van der Waals surface area contributed by atoms with E-state index in [0.717, 1.165) is 12.8 Å². The van der Waals surface area contributed by atoms with E-state index in [1.807, 2.05) is 0 Å². The van der Waals surface area contributed by atoms with Crippen LogP contribution in [0.25, 0.3) is 0 Å². The molecule has 0 saturated carbocycles. The first-order chi connectivity index (χ1) is 6.20. The van der Waals surface area contributed by atoms with Crippen molar-refractivity contribution < 1.29 is 19.0 Å². The van der Waals surface area contributed by atoms with Gasteiger partial charge in [0.2, 0.25) is 6.29 Å². The summed E-state index contributed by atoms with van der Waals surface area (Å²) in [4.78, 5) is 9.91. The Balaban J connectivity index is 3.37. The fourth-order valence-electron chi connectivity index (χ4n) is 0.813. The van der Waals surface area contributed by atoms with Crippen molar-refractivity contribution in [2.24, 2.45) is 0 Å². The number of rotatable bonds is 8. The molecule has 0 aliphatic heterocycles. The van der Waals surface area contributed by atoms with Gasteiger partial charge in [0.05, 0.1) is 0 Å². The SMILES string of the molecule is CCCCOC(C)OC(C)OC=O. The van der Waals surface area contributed by atoms with Crippen LogP contribution >= 0.6 is 0 Å². The van der Waals surface area contributed by atoms with Crippen molar-refractivity contribution in [3.8, 4) is 0 Å². The molecular weight excluding hydrogens is 172 g/mol. The number of hydrogen-bond donors (Lipinski definition) is 0. The van der Waals surface area contributed by atoms with E-state index in [1.165, 1.54) is 0 Å². The van der Waals surface area contributed by atoms with E-state index in [-0.39, 0.29) is 6.29 Å². The third-order valence-electron chi connectivity index (χ3n) is 1.48. The lowest BCUT2D eigenvalue weighted by molar-refractivity contribution is -0.222. The Morgan fingerprint density at radius 2 is 2.00 bits per heavy atom. The summed E-state index contributed by atoms with van der Waals surface area (Å²) in [7, 11) is 0. The maximum atomic E-state index is 9.91. The number of ether oxygens (including phenoxy) is 3. The molecule has 0 heterocycles. The summed E-state index contributed by atoms with van der Waals surface area (Å²) in [5.41, 5.74) is 0. The zero-order valence-electron chi connectivity index (χ0n) is 8.49. The molecule has 0 N–H and O–H groups in total. The molecule has 0 saturated heterocycles. The van der Waals surface area contributed by atoms with E-state index in [1.54, 1.807) is 13.8 Å². The van der Waals surface area contributed by atoms with Gasteiger partial charge in [0.25, 0.3) is 6.47 Å². The van der Waals surface area contributed by atoms with Crippen LogP contribution in [0.15, 0.2) is 0 Å². The molecule has 0 bridgehead atoms. The van der Waals surface area contributed by atoms with Crippen LogP contribution in [0.4, 0.5) is 0 Å². The Morgan fingerprint density at radius 3 is 2.54 bits per heavy atom. The molecule has 2 unspecified atom stereocenters. The summed E-state index contributed by atoms with van der Waals surface area (Å²) in [5.74, 6) is 0. The number of unbranched alkanes of at least 4 members (excludes halogenated alkanes) is 1. The zero-order valence-corrected chi connectivity index (χ0v) is 8.49. The predicted octanol–water partition coefficient (Wildman–Crippen LogP) is 1.68. The first-order valence-electron chi connectivity index (χ1n) is 4.56. The molecule has 78 valence electrons. The highest BCUT2D eigenvalue weighted by Gasteiger charge is 2.07. The Labute approximate surface area is 79.2 Å². The molecule has 0 aliphatic carbocycles. The Kier molecular flexibility index (Phi) is 7.63. The van der Waals surface area contributed by atoms with Crippen LogP contribution in [0.2, 0.25) is 0 Å². The van der Waals surface area contributed by atoms with E-state index in [2.05, 4.69) is 11.7 Å². The van der Waals surface area contributed by atoms with Gasteiger partial charge >= 0.3 is 0 Å². The van der Waals surface area contributed by atoms with Crippen LogP contribution in [0.1, 0.15) is 33.6 Å². The summed E-state index contributed by atoms with van der Waals surface area (Å²) in [6.07, 6.45) is 1.22. The van der Waals surface area contributed by atoms with Crippen molar-refractivity contribution >= 4 is 6.47 Å². The van der Waals surface area contributed by atoms with Crippen LogP contribution in [0.3, 0.4) is 0 Å². The van der Waals surface area contributed by atoms with Gasteiger partial charge in [-0.15, -0.1) is 0 Å². The molecule has 13 heavy (non-hydrogen) atoms. The van der Waals surface area contributed by atoms with Crippen LogP contribution in [-0.4, -0.2) is 25.7 Å². The van der Waals surface area contributed by atoms with Gasteiger partial charge in [0.1, 0.15) is 0 Å². The second kappa shape index (κ2) is 8.01. The fraction of sp³-hybridized carbons (Fsp3) is 0.889. The van der Waals surface area contributed by atoms with Crippen molar-refractivity contribution in [2.75, 3.05) is 6.61 Å². The van der Waals surface area contributed by atoms with Gasteiger partial charge in [-0.05, 0) is 20.3 Å². The third-order valence-corrected chi connectivity index (χ3v) is 1.48. The van der Waals surface area contributed by atoms with Crippen LogP contribution < -0.4 is 0 Å². The van der Waals surface area contributed by atoms with Crippen molar-refractivity contribution in [1.82, 2.24) is 0 Å². The lowest BCUT2D eigenvalue weighted by Gasteiger charge is -2.17. The van der Waals surface area contributed by atoms with Gasteiger partial charge < -0.3 is 14.2 Å². The van der Waals surface area contributed by atoms with E-state index in [9.17, 15) is 4.79 Å². The van der Waals surface area contributed by atoms with Gasteiger partial charge in [-0.1, -0.05) is 13.3 Å². The molecular formula is C9H18O4. The summed E-state index contributed by atoms with van der Waals surface area (Å²) < 4.78 is 15.0. The molecule has 0 spiro atoms. The van der Waals surface area contributed by atoms with Gasteiger partial charge in [0.15, 0.2) is 6.29 Å². The minimum atomic E-state index is -0.547. The molecule has 0 fully saturated rings. The highest BCUT2D eigenvalue weighted by Crippen LogP contribution is 2.01. The molecule has 4 heteroatoms. The molecule has 0 rings (SSSR count). The Hall–Kier alpha value is -0.610. The molecule has 0 aromatic rings. The average Bonchev–Trinajstić information content (AvgIpc) is 2.05. The zero-order chi connectivity index (χ0) is 10.1. The third kappa shape index (κ3) is 7.74. The van der Waals surface area contributed by atoms with E-state index < -0.39 is 6.29 Å². The van der Waals surface area contributed by atoms with E-state index in [4.69, 9.17) is 9.47 Å². The second-order valence-corrected chi connectivity index (χ2v) is 2.73. The molecule has 0 aromatic heterocycles. The molecule has 0 aromatic carbocycles. The first-order valence-corrected chi connectivity index (χ1v) is 4.56. The minimum Gasteiger partial charge on any atom is -0.438 e. The second-order valence-electron chi connectivity index (χ2n) is 2.73. The molecule has 4 nitrogen and oxygen atoms in total. The highest BCUT2D eigenvalue weighted by atomic mass is 16.8. The monoisotopic (exact) mass is 190 g/mol. The Morgan fingerprint density at radius 1 is 1.31 bits per heavy atom. The molecule has 0 amide bonds. The van der Waals surface area contributed by atoms with Crippen LogP contribution in [-0.2, 0) is 19.0 Å². The van der Waals surface area contributed by atoms with Gasteiger partial charge in [-0.2, -0.15) is 0 Å². The van der Waals surface area contributed by atoms with Crippen molar-refractivity contribution in [3.05, 3.63) is 0 Å². The number of carbonyl (C=O) groups excluding carboxylic acids is 1. The topological polar surface area (TPSA) is 44.8 Å². The van der Waals surface area contributed by atoms with Gasteiger partial charge in [-0.25, -0.2) is 0 Å². The van der Waals surface area contributed by atoms with Crippen LogP contribution in [0, 0.1) is 0 Å². The predicted molar refractivity (Wildman–Crippen MR) is 48.0 cm³/mol. The fourth-order valence-corrected chi connectivity index (χ4v) is 0.813. The molecule has 0 radical (unpaired) electrons. The van der Waals surface area contributed by atoms with Gasteiger partial charge in [-0.3, -0.25) is 4.79 Å². The summed E-state index contributed by atoms with van der Waals surface area (Å²) >= 11 is 0. The quantitative estimate of drug-likeness (QED) is 0.332. The minimum absolute atomic E-state index is 0.332. The number of hydrogen-bond acceptors (Lipinski definition) is 4. The van der Waals surface area contributed by atoms with E-state index in [0.29, 0.717) is 13.1 Å².